The lowest BCUT2D eigenvalue weighted by Crippen LogP contribution is -2.36. The van der Waals surface area contributed by atoms with Gasteiger partial charge in [-0.2, -0.15) is 0 Å². The van der Waals surface area contributed by atoms with Crippen LogP contribution in [0, 0.1) is 5.92 Å². The summed E-state index contributed by atoms with van der Waals surface area (Å²) in [7, 11) is 0. The van der Waals surface area contributed by atoms with Crippen molar-refractivity contribution in [2.75, 3.05) is 19.6 Å². The Kier molecular flexibility index (Phi) is 5.18. The highest BCUT2D eigenvalue weighted by Gasteiger charge is 2.26. The van der Waals surface area contributed by atoms with Crippen molar-refractivity contribution < 1.29 is 4.39 Å². The van der Waals surface area contributed by atoms with E-state index in [9.17, 15) is 4.39 Å². The molecular formula is C23H27FN2. The van der Waals surface area contributed by atoms with E-state index >= 15 is 0 Å². The van der Waals surface area contributed by atoms with Crippen molar-refractivity contribution in [2.24, 2.45) is 5.92 Å². The van der Waals surface area contributed by atoms with E-state index in [0.717, 1.165) is 44.7 Å². The molecule has 3 heteroatoms. The zero-order valence-electron chi connectivity index (χ0n) is 15.5. The molecule has 2 heterocycles. The van der Waals surface area contributed by atoms with Gasteiger partial charge >= 0.3 is 0 Å². The number of likely N-dealkylation sites (tertiary alicyclic amines) is 1. The van der Waals surface area contributed by atoms with Crippen LogP contribution in [-0.4, -0.2) is 29.4 Å². The second kappa shape index (κ2) is 7.73. The highest BCUT2D eigenvalue weighted by Crippen LogP contribution is 2.30. The van der Waals surface area contributed by atoms with Crippen molar-refractivity contribution in [3.05, 3.63) is 82.7 Å². The molecule has 0 N–H and O–H groups in total. The lowest BCUT2D eigenvalue weighted by Gasteiger charge is -2.33. The lowest BCUT2D eigenvalue weighted by molar-refractivity contribution is 0.205. The fraction of sp³-hybridized carbons (Fsp3) is 0.391. The summed E-state index contributed by atoms with van der Waals surface area (Å²) in [6, 6.07) is 19.0. The van der Waals surface area contributed by atoms with Crippen molar-refractivity contribution in [3.63, 3.8) is 0 Å². The van der Waals surface area contributed by atoms with E-state index in [1.165, 1.54) is 16.7 Å². The number of hydrogen-bond donors (Lipinski definition) is 0. The predicted molar refractivity (Wildman–Crippen MR) is 104 cm³/mol. The molecular weight excluding hydrogens is 323 g/mol. The predicted octanol–water partition coefficient (Wildman–Crippen LogP) is 4.77. The SMILES string of the molecule is CC1CN(Cc2ccccc2)CC/C1=C(/F)CN1Cc2ccccc2C1. The van der Waals surface area contributed by atoms with Crippen molar-refractivity contribution >= 4 is 0 Å². The van der Waals surface area contributed by atoms with Gasteiger partial charge in [-0.25, -0.2) is 4.39 Å². The lowest BCUT2D eigenvalue weighted by atomic mass is 9.92. The first-order chi connectivity index (χ1) is 12.7. The average Bonchev–Trinajstić information content (AvgIpc) is 3.04. The summed E-state index contributed by atoms with van der Waals surface area (Å²) in [6.07, 6.45) is 0.848. The molecule has 0 bridgehead atoms. The van der Waals surface area contributed by atoms with Crippen molar-refractivity contribution in [1.29, 1.82) is 0 Å². The minimum atomic E-state index is 0.102. The van der Waals surface area contributed by atoms with Gasteiger partial charge in [0, 0.05) is 32.7 Å². The number of hydrogen-bond acceptors (Lipinski definition) is 2. The van der Waals surface area contributed by atoms with Crippen LogP contribution in [-0.2, 0) is 19.6 Å². The summed E-state index contributed by atoms with van der Waals surface area (Å²) in [5.41, 5.74) is 5.06. The summed E-state index contributed by atoms with van der Waals surface area (Å²) in [5.74, 6) is 0.391. The molecule has 4 rings (SSSR count). The maximum Gasteiger partial charge on any atom is 0.113 e. The molecule has 0 amide bonds. The molecule has 0 saturated carbocycles. The van der Waals surface area contributed by atoms with Crippen LogP contribution in [0.25, 0.3) is 0 Å². The molecule has 26 heavy (non-hydrogen) atoms. The molecule has 1 atom stereocenters. The Labute approximate surface area is 155 Å². The summed E-state index contributed by atoms with van der Waals surface area (Å²) in [6.45, 7) is 7.20. The van der Waals surface area contributed by atoms with Crippen LogP contribution in [0.2, 0.25) is 0 Å². The van der Waals surface area contributed by atoms with E-state index in [-0.39, 0.29) is 11.7 Å². The highest BCUT2D eigenvalue weighted by molar-refractivity contribution is 5.30. The van der Waals surface area contributed by atoms with E-state index in [4.69, 9.17) is 0 Å². The molecule has 1 unspecified atom stereocenters. The van der Waals surface area contributed by atoms with Crippen LogP contribution >= 0.6 is 0 Å². The van der Waals surface area contributed by atoms with E-state index in [1.807, 2.05) is 0 Å². The van der Waals surface area contributed by atoms with Crippen molar-refractivity contribution in [2.45, 2.75) is 33.0 Å². The Bertz CT molecular complexity index is 759. The Hall–Kier alpha value is -1.97. The molecule has 2 nitrogen and oxygen atoms in total. The molecule has 1 fully saturated rings. The van der Waals surface area contributed by atoms with Crippen LogP contribution in [0.5, 0.6) is 0 Å². The molecule has 1 saturated heterocycles. The summed E-state index contributed by atoms with van der Waals surface area (Å²) < 4.78 is 15.0. The Morgan fingerprint density at radius 2 is 1.62 bits per heavy atom. The number of rotatable bonds is 4. The summed E-state index contributed by atoms with van der Waals surface area (Å²) in [4.78, 5) is 4.67. The molecule has 2 aromatic carbocycles. The summed E-state index contributed by atoms with van der Waals surface area (Å²) in [5, 5.41) is 0. The summed E-state index contributed by atoms with van der Waals surface area (Å²) >= 11 is 0. The zero-order chi connectivity index (χ0) is 17.9. The number of benzene rings is 2. The molecule has 136 valence electrons. The van der Waals surface area contributed by atoms with Gasteiger partial charge in [-0.1, -0.05) is 61.5 Å². The average molecular weight is 350 g/mol. The Morgan fingerprint density at radius 1 is 0.962 bits per heavy atom. The fourth-order valence-electron chi connectivity index (χ4n) is 4.32. The van der Waals surface area contributed by atoms with Gasteiger partial charge in [-0.3, -0.25) is 9.80 Å². The minimum absolute atomic E-state index is 0.102. The van der Waals surface area contributed by atoms with Gasteiger partial charge in [0.15, 0.2) is 0 Å². The maximum absolute atomic E-state index is 15.0. The zero-order valence-corrected chi connectivity index (χ0v) is 15.5. The largest absolute Gasteiger partial charge is 0.298 e. The Balaban J connectivity index is 1.36. The third kappa shape index (κ3) is 3.89. The first kappa shape index (κ1) is 17.4. The van der Waals surface area contributed by atoms with Gasteiger partial charge in [-0.05, 0) is 34.6 Å². The maximum atomic E-state index is 15.0. The second-order valence-electron chi connectivity index (χ2n) is 7.72. The number of piperidine rings is 1. The third-order valence-corrected chi connectivity index (χ3v) is 5.69. The molecule has 0 aliphatic carbocycles. The van der Waals surface area contributed by atoms with E-state index < -0.39 is 0 Å². The van der Waals surface area contributed by atoms with Gasteiger partial charge < -0.3 is 0 Å². The first-order valence-corrected chi connectivity index (χ1v) is 9.62. The van der Waals surface area contributed by atoms with Gasteiger partial charge in [0.25, 0.3) is 0 Å². The second-order valence-corrected chi connectivity index (χ2v) is 7.72. The highest BCUT2D eigenvalue weighted by atomic mass is 19.1. The monoisotopic (exact) mass is 350 g/mol. The van der Waals surface area contributed by atoms with Gasteiger partial charge in [0.2, 0.25) is 0 Å². The third-order valence-electron chi connectivity index (χ3n) is 5.69. The smallest absolute Gasteiger partial charge is 0.113 e. The molecule has 2 aliphatic rings. The quantitative estimate of drug-likeness (QED) is 0.784. The van der Waals surface area contributed by atoms with E-state index in [0.29, 0.717) is 6.54 Å². The van der Waals surface area contributed by atoms with E-state index in [1.54, 1.807) is 0 Å². The number of halogens is 1. The fourth-order valence-corrected chi connectivity index (χ4v) is 4.32. The number of nitrogens with zero attached hydrogens (tertiary/aromatic N) is 2. The van der Waals surface area contributed by atoms with Crippen molar-refractivity contribution in [3.8, 4) is 0 Å². The molecule has 0 spiro atoms. The normalized spacial score (nSPS) is 23.1. The van der Waals surface area contributed by atoms with Crippen LogP contribution < -0.4 is 0 Å². The molecule has 0 aromatic heterocycles. The molecule has 2 aliphatic heterocycles. The standard InChI is InChI=1S/C23H27FN2/c1-18-13-25(14-19-7-3-2-4-8-19)12-11-22(18)23(24)17-26-15-20-9-5-6-10-21(20)16-26/h2-10,18H,11-17H2,1H3/b23-22-. The number of fused-ring (bicyclic) bond motifs is 1. The van der Waals surface area contributed by atoms with Crippen LogP contribution in [0.4, 0.5) is 4.39 Å². The Morgan fingerprint density at radius 3 is 2.27 bits per heavy atom. The molecule has 2 aromatic rings. The van der Waals surface area contributed by atoms with Crippen molar-refractivity contribution in [1.82, 2.24) is 9.80 Å². The minimum Gasteiger partial charge on any atom is -0.298 e. The van der Waals surface area contributed by atoms with E-state index in [2.05, 4.69) is 71.3 Å². The topological polar surface area (TPSA) is 6.48 Å². The van der Waals surface area contributed by atoms with Gasteiger partial charge in [-0.15, -0.1) is 0 Å². The van der Waals surface area contributed by atoms with Crippen LogP contribution in [0.3, 0.4) is 0 Å². The van der Waals surface area contributed by atoms with Crippen LogP contribution in [0.1, 0.15) is 30.0 Å². The molecule has 0 radical (unpaired) electrons. The van der Waals surface area contributed by atoms with Gasteiger partial charge in [0.1, 0.15) is 5.83 Å². The van der Waals surface area contributed by atoms with Gasteiger partial charge in [0.05, 0.1) is 6.54 Å². The van der Waals surface area contributed by atoms with Crippen LogP contribution in [0.15, 0.2) is 66.0 Å². The first-order valence-electron chi connectivity index (χ1n) is 9.62.